The van der Waals surface area contributed by atoms with Crippen LogP contribution in [0.3, 0.4) is 0 Å². The summed E-state index contributed by atoms with van der Waals surface area (Å²) >= 11 is 9.52. The molecule has 1 aliphatic rings. The Balaban J connectivity index is 1.59. The maximum atomic E-state index is 13.3. The fraction of sp³-hybridized carbons (Fsp3) is 0.172. The van der Waals surface area contributed by atoms with Gasteiger partial charge in [0.25, 0.3) is 17.7 Å². The smallest absolute Gasteiger partial charge is 0.335 e. The molecule has 1 aliphatic heterocycles. The third kappa shape index (κ3) is 6.35. The number of ether oxygens (including phenoxy) is 2. The molecule has 9 nitrogen and oxygen atoms in total. The van der Waals surface area contributed by atoms with Gasteiger partial charge >= 0.3 is 6.03 Å². The number of nitrogens with one attached hydrogen (secondary N) is 2. The Morgan fingerprint density at radius 2 is 1.80 bits per heavy atom. The average molecular weight is 627 g/mol. The Hall–Kier alpha value is -4.15. The van der Waals surface area contributed by atoms with Crippen LogP contribution in [0.5, 0.6) is 11.5 Å². The highest BCUT2D eigenvalue weighted by atomic mass is 79.9. The number of amides is 5. The van der Waals surface area contributed by atoms with Crippen molar-refractivity contribution in [2.24, 2.45) is 0 Å². The molecule has 0 spiro atoms. The van der Waals surface area contributed by atoms with Crippen LogP contribution >= 0.6 is 27.5 Å². The maximum Gasteiger partial charge on any atom is 0.335 e. The summed E-state index contributed by atoms with van der Waals surface area (Å²) in [5.74, 6) is -1.48. The van der Waals surface area contributed by atoms with Crippen molar-refractivity contribution in [3.05, 3.63) is 86.4 Å². The van der Waals surface area contributed by atoms with Gasteiger partial charge in [-0.3, -0.25) is 19.7 Å². The van der Waals surface area contributed by atoms with Crippen molar-refractivity contribution in [1.82, 2.24) is 5.32 Å². The van der Waals surface area contributed by atoms with Gasteiger partial charge in [0.05, 0.1) is 27.5 Å². The molecule has 1 fully saturated rings. The van der Waals surface area contributed by atoms with E-state index in [9.17, 15) is 19.2 Å². The predicted molar refractivity (Wildman–Crippen MR) is 156 cm³/mol. The molecule has 4 rings (SSSR count). The summed E-state index contributed by atoms with van der Waals surface area (Å²) in [6.45, 7) is 5.50. The molecule has 3 aromatic rings. The number of hydrogen-bond donors (Lipinski definition) is 2. The molecule has 1 heterocycles. The Morgan fingerprint density at radius 1 is 1.05 bits per heavy atom. The molecule has 5 amide bonds. The standard InChI is InChI=1S/C29H25BrClN3O6/c1-4-39-24-14-18(13-21(30)26(24)40-15-25(35)32-23-8-6-5-7-22(23)31)12-20-27(36)33-29(38)34(28(20)37)19-10-9-16(2)17(3)11-19/h5-14H,4,15H2,1-3H3,(H,32,35)(H,33,36,38)/b20-12-. The highest BCUT2D eigenvalue weighted by Crippen LogP contribution is 2.38. The highest BCUT2D eigenvalue weighted by Gasteiger charge is 2.37. The van der Waals surface area contributed by atoms with Gasteiger partial charge in [0.15, 0.2) is 18.1 Å². The van der Waals surface area contributed by atoms with E-state index in [1.54, 1.807) is 61.5 Å². The van der Waals surface area contributed by atoms with E-state index in [2.05, 4.69) is 26.6 Å². The van der Waals surface area contributed by atoms with E-state index in [0.717, 1.165) is 16.0 Å². The first-order chi connectivity index (χ1) is 19.1. The van der Waals surface area contributed by atoms with Gasteiger partial charge in [-0.05, 0) is 95.9 Å². The van der Waals surface area contributed by atoms with Crippen molar-refractivity contribution >= 4 is 68.7 Å². The molecule has 1 saturated heterocycles. The van der Waals surface area contributed by atoms with Crippen molar-refractivity contribution in [2.75, 3.05) is 23.4 Å². The second kappa shape index (κ2) is 12.4. The van der Waals surface area contributed by atoms with E-state index in [-0.39, 0.29) is 30.3 Å². The molecule has 0 radical (unpaired) electrons. The minimum Gasteiger partial charge on any atom is -0.490 e. The molecule has 0 bridgehead atoms. The van der Waals surface area contributed by atoms with Gasteiger partial charge in [-0.25, -0.2) is 9.69 Å². The third-order valence-electron chi connectivity index (χ3n) is 5.99. The van der Waals surface area contributed by atoms with Crippen LogP contribution in [0.2, 0.25) is 5.02 Å². The Bertz CT molecular complexity index is 1550. The minimum absolute atomic E-state index is 0.236. The summed E-state index contributed by atoms with van der Waals surface area (Å²) < 4.78 is 11.9. The first-order valence-corrected chi connectivity index (χ1v) is 13.4. The number of aryl methyl sites for hydroxylation is 2. The lowest BCUT2D eigenvalue weighted by Gasteiger charge is -2.27. The fourth-order valence-electron chi connectivity index (χ4n) is 3.88. The van der Waals surface area contributed by atoms with Gasteiger partial charge in [0.1, 0.15) is 5.57 Å². The van der Waals surface area contributed by atoms with E-state index in [0.29, 0.717) is 26.4 Å². The van der Waals surface area contributed by atoms with Gasteiger partial charge in [-0.15, -0.1) is 0 Å². The van der Waals surface area contributed by atoms with Gasteiger partial charge < -0.3 is 14.8 Å². The van der Waals surface area contributed by atoms with Crippen LogP contribution in [0, 0.1) is 13.8 Å². The Morgan fingerprint density at radius 3 is 2.50 bits per heavy atom. The third-order valence-corrected chi connectivity index (χ3v) is 6.91. The molecule has 11 heteroatoms. The lowest BCUT2D eigenvalue weighted by Crippen LogP contribution is -2.54. The zero-order valence-corrected chi connectivity index (χ0v) is 24.2. The summed E-state index contributed by atoms with van der Waals surface area (Å²) in [7, 11) is 0. The number of para-hydroxylation sites is 1. The number of rotatable bonds is 8. The number of urea groups is 1. The average Bonchev–Trinajstić information content (AvgIpc) is 2.89. The number of imide groups is 2. The molecule has 0 aliphatic carbocycles. The lowest BCUT2D eigenvalue weighted by atomic mass is 10.0. The molecule has 0 saturated carbocycles. The number of nitrogens with zero attached hydrogens (tertiary/aromatic N) is 1. The van der Waals surface area contributed by atoms with Crippen LogP contribution < -0.4 is 25.0 Å². The van der Waals surface area contributed by atoms with Gasteiger partial charge in [-0.1, -0.05) is 29.8 Å². The van der Waals surface area contributed by atoms with Gasteiger partial charge in [0, 0.05) is 0 Å². The molecule has 0 unspecified atom stereocenters. The first-order valence-electron chi connectivity index (χ1n) is 12.2. The van der Waals surface area contributed by atoms with Crippen LogP contribution in [-0.2, 0) is 14.4 Å². The predicted octanol–water partition coefficient (Wildman–Crippen LogP) is 5.80. The maximum absolute atomic E-state index is 13.3. The van der Waals surface area contributed by atoms with Crippen molar-refractivity contribution in [3.63, 3.8) is 0 Å². The van der Waals surface area contributed by atoms with E-state index in [4.69, 9.17) is 21.1 Å². The number of hydrogen-bond acceptors (Lipinski definition) is 6. The molecular formula is C29H25BrClN3O6. The highest BCUT2D eigenvalue weighted by molar-refractivity contribution is 9.10. The van der Waals surface area contributed by atoms with E-state index in [1.807, 2.05) is 13.8 Å². The van der Waals surface area contributed by atoms with Crippen LogP contribution in [0.15, 0.2) is 64.6 Å². The number of anilines is 2. The van der Waals surface area contributed by atoms with E-state index >= 15 is 0 Å². The van der Waals surface area contributed by atoms with Crippen LogP contribution in [0.25, 0.3) is 6.08 Å². The minimum atomic E-state index is -0.828. The second-order valence-electron chi connectivity index (χ2n) is 8.81. The van der Waals surface area contributed by atoms with Gasteiger partial charge in [0.2, 0.25) is 0 Å². The molecule has 0 aromatic heterocycles. The quantitative estimate of drug-likeness (QED) is 0.241. The zero-order valence-electron chi connectivity index (χ0n) is 21.8. The second-order valence-corrected chi connectivity index (χ2v) is 10.1. The topological polar surface area (TPSA) is 114 Å². The van der Waals surface area contributed by atoms with E-state index in [1.165, 1.54) is 6.08 Å². The Kier molecular flexibility index (Phi) is 8.91. The van der Waals surface area contributed by atoms with Crippen molar-refractivity contribution in [3.8, 4) is 11.5 Å². The molecule has 0 atom stereocenters. The number of carbonyl (C=O) groups excluding carboxylic acids is 4. The number of barbiturate groups is 1. The first kappa shape index (κ1) is 28.8. The van der Waals surface area contributed by atoms with Crippen molar-refractivity contribution in [1.29, 1.82) is 0 Å². The molecule has 2 N–H and O–H groups in total. The van der Waals surface area contributed by atoms with Crippen molar-refractivity contribution in [2.45, 2.75) is 20.8 Å². The summed E-state index contributed by atoms with van der Waals surface area (Å²) in [6, 6.07) is 14.3. The Labute approximate surface area is 244 Å². The normalized spacial score (nSPS) is 14.3. The summed E-state index contributed by atoms with van der Waals surface area (Å²) in [6.07, 6.45) is 1.36. The van der Waals surface area contributed by atoms with Crippen LogP contribution in [0.1, 0.15) is 23.6 Å². The van der Waals surface area contributed by atoms with Crippen LogP contribution in [0.4, 0.5) is 16.2 Å². The number of halogens is 2. The molecule has 206 valence electrons. The largest absolute Gasteiger partial charge is 0.490 e. The monoisotopic (exact) mass is 625 g/mol. The molecule has 40 heavy (non-hydrogen) atoms. The van der Waals surface area contributed by atoms with Crippen LogP contribution in [-0.4, -0.2) is 37.0 Å². The summed E-state index contributed by atoms with van der Waals surface area (Å²) in [5, 5.41) is 5.29. The van der Waals surface area contributed by atoms with Gasteiger partial charge in [-0.2, -0.15) is 0 Å². The SMILES string of the molecule is CCOc1cc(/C=C2/C(=O)NC(=O)N(c3ccc(C)c(C)c3)C2=O)cc(Br)c1OCC(=O)Nc1ccccc1Cl. The molecular weight excluding hydrogens is 602 g/mol. The van der Waals surface area contributed by atoms with E-state index < -0.39 is 23.8 Å². The summed E-state index contributed by atoms with van der Waals surface area (Å²) in [5.41, 5.74) is 2.88. The molecule has 3 aromatic carbocycles. The lowest BCUT2D eigenvalue weighted by molar-refractivity contribution is -0.122. The number of benzene rings is 3. The summed E-state index contributed by atoms with van der Waals surface area (Å²) in [4.78, 5) is 51.9. The van der Waals surface area contributed by atoms with Crippen molar-refractivity contribution < 1.29 is 28.7 Å². The zero-order chi connectivity index (χ0) is 29.0. The fourth-order valence-corrected chi connectivity index (χ4v) is 4.64. The number of carbonyl (C=O) groups is 4.